The monoisotopic (exact) mass is 214 g/mol. The maximum absolute atomic E-state index is 5.89. The summed E-state index contributed by atoms with van der Waals surface area (Å²) >= 11 is 5.89. The molecule has 1 aromatic heterocycles. The predicted octanol–water partition coefficient (Wildman–Crippen LogP) is 2.81. The van der Waals surface area contributed by atoms with Crippen LogP contribution in [-0.4, -0.2) is 11.1 Å². The summed E-state index contributed by atoms with van der Waals surface area (Å²) < 4.78 is 2.05. The lowest BCUT2D eigenvalue weighted by Crippen LogP contribution is -2.27. The number of halogens is 1. The molecule has 0 atom stereocenters. The lowest BCUT2D eigenvalue weighted by atomic mass is 9.97. The van der Waals surface area contributed by atoms with Crippen LogP contribution in [-0.2, 0) is 13.6 Å². The van der Waals surface area contributed by atoms with Crippen LogP contribution in [0.15, 0.2) is 12.3 Å². The molecule has 0 saturated carbocycles. The Morgan fingerprint density at radius 2 is 2.07 bits per heavy atom. The molecule has 2 nitrogen and oxygen atoms in total. The van der Waals surface area contributed by atoms with E-state index in [-0.39, 0.29) is 0 Å². The summed E-state index contributed by atoms with van der Waals surface area (Å²) in [5.41, 5.74) is 1.55. The number of rotatable bonds is 3. The van der Waals surface area contributed by atoms with Crippen LogP contribution in [0.2, 0.25) is 5.02 Å². The molecule has 0 amide bonds. The third-order valence-corrected chi connectivity index (χ3v) is 2.24. The van der Waals surface area contributed by atoms with Crippen molar-refractivity contribution in [3.05, 3.63) is 23.0 Å². The molecule has 1 rings (SSSR count). The van der Waals surface area contributed by atoms with Crippen molar-refractivity contribution < 1.29 is 0 Å². The van der Waals surface area contributed by atoms with Crippen LogP contribution in [0.3, 0.4) is 0 Å². The lowest BCUT2D eigenvalue weighted by molar-refractivity contribution is 0.377. The zero-order valence-electron chi connectivity index (χ0n) is 9.39. The van der Waals surface area contributed by atoms with E-state index < -0.39 is 0 Å². The van der Waals surface area contributed by atoms with Crippen LogP contribution < -0.4 is 5.32 Å². The Bertz CT molecular complexity index is 297. The maximum atomic E-state index is 5.89. The topological polar surface area (TPSA) is 17.0 Å². The lowest BCUT2D eigenvalue weighted by Gasteiger charge is -2.18. The molecule has 3 heteroatoms. The SMILES string of the molecule is Cn1cc(Cl)cc1CNCC(C)(C)C. The molecule has 1 N–H and O–H groups in total. The van der Waals surface area contributed by atoms with E-state index in [1.165, 1.54) is 5.69 Å². The number of aromatic nitrogens is 1. The standard InChI is InChI=1S/C11H19ClN2/c1-11(2,3)8-13-6-10-5-9(12)7-14(10)4/h5,7,13H,6,8H2,1-4H3. The van der Waals surface area contributed by atoms with Gasteiger partial charge in [-0.3, -0.25) is 0 Å². The Labute approximate surface area is 91.3 Å². The first-order valence-electron chi connectivity index (χ1n) is 4.90. The van der Waals surface area contributed by atoms with Gasteiger partial charge in [0.2, 0.25) is 0 Å². The van der Waals surface area contributed by atoms with Crippen molar-refractivity contribution >= 4 is 11.6 Å². The molecule has 80 valence electrons. The van der Waals surface area contributed by atoms with Gasteiger partial charge in [0.25, 0.3) is 0 Å². The minimum Gasteiger partial charge on any atom is -0.352 e. The first kappa shape index (κ1) is 11.6. The van der Waals surface area contributed by atoms with Gasteiger partial charge in [0.15, 0.2) is 0 Å². The highest BCUT2D eigenvalue weighted by Gasteiger charge is 2.09. The zero-order valence-corrected chi connectivity index (χ0v) is 10.2. The number of hydrogen-bond acceptors (Lipinski definition) is 1. The second-order valence-electron chi connectivity index (χ2n) is 4.92. The molecular formula is C11H19ClN2. The Morgan fingerprint density at radius 1 is 1.43 bits per heavy atom. The van der Waals surface area contributed by atoms with Gasteiger partial charge in [0, 0.05) is 32.0 Å². The fraction of sp³-hybridized carbons (Fsp3) is 0.636. The van der Waals surface area contributed by atoms with Gasteiger partial charge in [0.05, 0.1) is 5.02 Å². The third-order valence-electron chi connectivity index (χ3n) is 2.04. The van der Waals surface area contributed by atoms with Crippen LogP contribution in [0.25, 0.3) is 0 Å². The van der Waals surface area contributed by atoms with Crippen LogP contribution in [0.5, 0.6) is 0 Å². The van der Waals surface area contributed by atoms with Crippen LogP contribution >= 0.6 is 11.6 Å². The van der Waals surface area contributed by atoms with Gasteiger partial charge in [-0.05, 0) is 11.5 Å². The van der Waals surface area contributed by atoms with E-state index in [0.717, 1.165) is 18.1 Å². The first-order chi connectivity index (χ1) is 6.38. The molecule has 0 spiro atoms. The highest BCUT2D eigenvalue weighted by atomic mass is 35.5. The van der Waals surface area contributed by atoms with Gasteiger partial charge >= 0.3 is 0 Å². The fourth-order valence-corrected chi connectivity index (χ4v) is 1.58. The van der Waals surface area contributed by atoms with E-state index in [1.54, 1.807) is 0 Å². The minimum atomic E-state index is 0.328. The largest absolute Gasteiger partial charge is 0.352 e. The van der Waals surface area contributed by atoms with E-state index in [0.29, 0.717) is 5.41 Å². The molecular weight excluding hydrogens is 196 g/mol. The maximum Gasteiger partial charge on any atom is 0.0585 e. The van der Waals surface area contributed by atoms with E-state index >= 15 is 0 Å². The van der Waals surface area contributed by atoms with Crippen LogP contribution in [0.4, 0.5) is 0 Å². The van der Waals surface area contributed by atoms with Gasteiger partial charge in [0.1, 0.15) is 0 Å². The molecule has 0 aliphatic carbocycles. The second-order valence-corrected chi connectivity index (χ2v) is 5.36. The Kier molecular flexibility index (Phi) is 3.62. The molecule has 0 radical (unpaired) electrons. The smallest absolute Gasteiger partial charge is 0.0585 e. The van der Waals surface area contributed by atoms with Crippen molar-refractivity contribution in [2.45, 2.75) is 27.3 Å². The molecule has 1 heterocycles. The summed E-state index contributed by atoms with van der Waals surface area (Å²) in [5.74, 6) is 0. The fourth-order valence-electron chi connectivity index (χ4n) is 1.31. The van der Waals surface area contributed by atoms with Crippen molar-refractivity contribution in [3.8, 4) is 0 Å². The van der Waals surface area contributed by atoms with Gasteiger partial charge in [-0.2, -0.15) is 0 Å². The highest BCUT2D eigenvalue weighted by Crippen LogP contribution is 2.14. The number of nitrogens with one attached hydrogen (secondary N) is 1. The summed E-state index contributed by atoms with van der Waals surface area (Å²) in [5, 5.41) is 4.22. The van der Waals surface area contributed by atoms with Crippen molar-refractivity contribution in [3.63, 3.8) is 0 Å². The normalized spacial score (nSPS) is 12.1. The molecule has 0 fully saturated rings. The van der Waals surface area contributed by atoms with Gasteiger partial charge in [-0.15, -0.1) is 0 Å². The predicted molar refractivity (Wildman–Crippen MR) is 61.6 cm³/mol. The number of hydrogen-bond donors (Lipinski definition) is 1. The number of nitrogens with zero attached hydrogens (tertiary/aromatic N) is 1. The molecule has 0 aliphatic heterocycles. The minimum absolute atomic E-state index is 0.328. The van der Waals surface area contributed by atoms with Crippen molar-refractivity contribution in [1.82, 2.24) is 9.88 Å². The molecule has 0 bridgehead atoms. The summed E-state index contributed by atoms with van der Waals surface area (Å²) in [6, 6.07) is 2.00. The average Bonchev–Trinajstić information content (AvgIpc) is 2.27. The van der Waals surface area contributed by atoms with Crippen molar-refractivity contribution in [1.29, 1.82) is 0 Å². The van der Waals surface area contributed by atoms with Crippen molar-refractivity contribution in [2.75, 3.05) is 6.54 Å². The summed E-state index contributed by atoms with van der Waals surface area (Å²) in [7, 11) is 2.01. The first-order valence-corrected chi connectivity index (χ1v) is 5.28. The Balaban J connectivity index is 2.42. The molecule has 1 aromatic rings. The van der Waals surface area contributed by atoms with Gasteiger partial charge in [-0.25, -0.2) is 0 Å². The van der Waals surface area contributed by atoms with Crippen LogP contribution in [0.1, 0.15) is 26.5 Å². The molecule has 0 aromatic carbocycles. The molecule has 0 aliphatic rings. The van der Waals surface area contributed by atoms with Gasteiger partial charge < -0.3 is 9.88 Å². The zero-order chi connectivity index (χ0) is 10.8. The summed E-state index contributed by atoms with van der Waals surface area (Å²) in [6.45, 7) is 8.55. The van der Waals surface area contributed by atoms with E-state index in [1.807, 2.05) is 19.3 Å². The molecule has 0 saturated heterocycles. The molecule has 14 heavy (non-hydrogen) atoms. The average molecular weight is 215 g/mol. The Morgan fingerprint density at radius 3 is 2.50 bits per heavy atom. The van der Waals surface area contributed by atoms with E-state index in [2.05, 4.69) is 30.7 Å². The quantitative estimate of drug-likeness (QED) is 0.819. The van der Waals surface area contributed by atoms with E-state index in [4.69, 9.17) is 11.6 Å². The number of aryl methyl sites for hydroxylation is 1. The molecule has 0 unspecified atom stereocenters. The van der Waals surface area contributed by atoms with Gasteiger partial charge in [-0.1, -0.05) is 32.4 Å². The second kappa shape index (κ2) is 4.37. The van der Waals surface area contributed by atoms with Crippen molar-refractivity contribution in [2.24, 2.45) is 12.5 Å². The van der Waals surface area contributed by atoms with E-state index in [9.17, 15) is 0 Å². The highest BCUT2D eigenvalue weighted by molar-refractivity contribution is 6.30. The van der Waals surface area contributed by atoms with Crippen LogP contribution in [0, 0.1) is 5.41 Å². The summed E-state index contributed by atoms with van der Waals surface area (Å²) in [4.78, 5) is 0. The summed E-state index contributed by atoms with van der Waals surface area (Å²) in [6.07, 6.45) is 1.93. The third kappa shape index (κ3) is 3.72. The Hall–Kier alpha value is -0.470.